The molecule has 0 saturated carbocycles. The van der Waals surface area contributed by atoms with Gasteiger partial charge in [0.1, 0.15) is 38.0 Å². The first-order valence-corrected chi connectivity index (χ1v) is 20.8. The molecule has 0 aliphatic rings. The second-order valence-electron chi connectivity index (χ2n) is 12.6. The van der Waals surface area contributed by atoms with E-state index in [0.29, 0.717) is 29.9 Å². The maximum Gasteiger partial charge on any atom is 2.00 e. The molecule has 4 rings (SSSR count). The quantitative estimate of drug-likeness (QED) is 0.0499. The van der Waals surface area contributed by atoms with Gasteiger partial charge in [0.15, 0.2) is 5.75 Å². The molecule has 0 unspecified atom stereocenters. The summed E-state index contributed by atoms with van der Waals surface area (Å²) in [6, 6.07) is 21.9. The van der Waals surface area contributed by atoms with Gasteiger partial charge in [0.25, 0.3) is 10.1 Å². The SMILES string of the molecule is CCCCCCCCc1c(O)ccc(S(=O)(=O)O)c1Oc1ccccc1.CCCCCCCCc1c([O-])ccc(S(=O)(=O)[O-])c1Oc1ccccc1.[Ca+2]. The number of ether oxygens (including phenoxy) is 2. The van der Waals surface area contributed by atoms with Crippen molar-refractivity contribution < 1.29 is 45.6 Å². The van der Waals surface area contributed by atoms with E-state index in [4.69, 9.17) is 9.47 Å². The zero-order valence-corrected chi connectivity index (χ0v) is 34.5. The average Bonchev–Trinajstić information content (AvgIpc) is 3.10. The second kappa shape index (κ2) is 23.8. The fourth-order valence-electron chi connectivity index (χ4n) is 5.66. The van der Waals surface area contributed by atoms with Gasteiger partial charge in [-0.1, -0.05) is 121 Å². The molecule has 10 nitrogen and oxygen atoms in total. The molecule has 13 heteroatoms. The average molecular weight is 795 g/mol. The van der Waals surface area contributed by atoms with Gasteiger partial charge in [-0.2, -0.15) is 8.42 Å². The maximum absolute atomic E-state index is 12.3. The summed E-state index contributed by atoms with van der Waals surface area (Å²) >= 11 is 0. The summed E-state index contributed by atoms with van der Waals surface area (Å²) in [4.78, 5) is -0.818. The molecule has 284 valence electrons. The minimum absolute atomic E-state index is 0. The normalized spacial score (nSPS) is 11.2. The van der Waals surface area contributed by atoms with E-state index in [1.54, 1.807) is 54.6 Å². The molecular formula is C40H50CaO10S2. The minimum atomic E-state index is -4.75. The molecule has 4 aromatic rings. The second-order valence-corrected chi connectivity index (χ2v) is 15.3. The molecule has 0 aliphatic heterocycles. The van der Waals surface area contributed by atoms with Crippen LogP contribution >= 0.6 is 0 Å². The van der Waals surface area contributed by atoms with E-state index in [9.17, 15) is 36.2 Å². The van der Waals surface area contributed by atoms with Gasteiger partial charge < -0.3 is 24.2 Å². The zero-order chi connectivity index (χ0) is 38.0. The first kappa shape index (κ1) is 46.3. The molecule has 2 N–H and O–H groups in total. The van der Waals surface area contributed by atoms with Gasteiger partial charge in [0, 0.05) is 5.56 Å². The Morgan fingerprint density at radius 2 is 0.981 bits per heavy atom. The molecule has 0 saturated heterocycles. The van der Waals surface area contributed by atoms with Crippen LogP contribution in [-0.2, 0) is 33.1 Å². The summed E-state index contributed by atoms with van der Waals surface area (Å²) in [5.41, 5.74) is 0.653. The van der Waals surface area contributed by atoms with Gasteiger partial charge in [-0.05, 0) is 73.7 Å². The van der Waals surface area contributed by atoms with Gasteiger partial charge in [0.2, 0.25) is 0 Å². The van der Waals surface area contributed by atoms with Crippen molar-refractivity contribution in [3.05, 3.63) is 96.1 Å². The van der Waals surface area contributed by atoms with Crippen molar-refractivity contribution in [2.45, 2.75) is 114 Å². The summed E-state index contributed by atoms with van der Waals surface area (Å²) < 4.78 is 79.3. The molecule has 0 amide bonds. The predicted molar refractivity (Wildman–Crippen MR) is 205 cm³/mol. The molecule has 0 radical (unpaired) electrons. The van der Waals surface area contributed by atoms with E-state index < -0.39 is 25.1 Å². The smallest absolute Gasteiger partial charge is 0.872 e. The fourth-order valence-corrected chi connectivity index (χ4v) is 6.93. The molecule has 0 aromatic heterocycles. The fraction of sp³-hybridized carbons (Fsp3) is 0.400. The maximum atomic E-state index is 12.3. The topological polar surface area (TPSA) is 173 Å². The summed E-state index contributed by atoms with van der Waals surface area (Å²) in [6.07, 6.45) is 13.5. The van der Waals surface area contributed by atoms with Crippen LogP contribution in [-0.4, -0.2) is 68.8 Å². The summed E-state index contributed by atoms with van der Waals surface area (Å²) in [5, 5.41) is 22.5. The number of hydrogen-bond donors (Lipinski definition) is 2. The Hall–Kier alpha value is -2.84. The van der Waals surface area contributed by atoms with Crippen molar-refractivity contribution in [2.75, 3.05) is 0 Å². The van der Waals surface area contributed by atoms with Gasteiger partial charge >= 0.3 is 37.7 Å². The monoisotopic (exact) mass is 794 g/mol. The Balaban J connectivity index is 0.000000360. The summed E-state index contributed by atoms with van der Waals surface area (Å²) in [5.74, 6) is 0.340. The van der Waals surface area contributed by atoms with Gasteiger partial charge in [-0.15, -0.1) is 5.75 Å². The number of rotatable bonds is 20. The Morgan fingerprint density at radius 1 is 0.566 bits per heavy atom. The van der Waals surface area contributed by atoms with Crippen LogP contribution in [0.1, 0.15) is 102 Å². The van der Waals surface area contributed by atoms with Crippen molar-refractivity contribution in [3.8, 4) is 34.5 Å². The van der Waals surface area contributed by atoms with Crippen LogP contribution in [0.3, 0.4) is 0 Å². The van der Waals surface area contributed by atoms with Crippen LogP contribution in [0.2, 0.25) is 0 Å². The van der Waals surface area contributed by atoms with Gasteiger partial charge in [-0.3, -0.25) is 4.55 Å². The molecular weight excluding hydrogens is 745 g/mol. The molecule has 0 spiro atoms. The van der Waals surface area contributed by atoms with Crippen LogP contribution in [0, 0.1) is 0 Å². The molecule has 0 fully saturated rings. The third kappa shape index (κ3) is 15.8. The molecule has 0 bridgehead atoms. The van der Waals surface area contributed by atoms with Crippen molar-refractivity contribution >= 4 is 58.0 Å². The van der Waals surface area contributed by atoms with E-state index >= 15 is 0 Å². The third-order valence-electron chi connectivity index (χ3n) is 8.42. The number of phenolic OH excluding ortho intramolecular Hbond substituents is 1. The van der Waals surface area contributed by atoms with Crippen LogP contribution in [0.15, 0.2) is 94.7 Å². The minimum Gasteiger partial charge on any atom is -0.872 e. The molecule has 0 heterocycles. The number of phenols is 1. The van der Waals surface area contributed by atoms with Crippen LogP contribution in [0.5, 0.6) is 34.5 Å². The van der Waals surface area contributed by atoms with E-state index in [-0.39, 0.29) is 71.2 Å². The largest absolute Gasteiger partial charge is 2.00 e. The van der Waals surface area contributed by atoms with Crippen LogP contribution in [0.25, 0.3) is 0 Å². The first-order valence-electron chi connectivity index (χ1n) is 17.9. The molecule has 0 aliphatic carbocycles. The van der Waals surface area contributed by atoms with E-state index in [0.717, 1.165) is 69.6 Å². The predicted octanol–water partition coefficient (Wildman–Crippen LogP) is 9.31. The first-order chi connectivity index (χ1) is 24.9. The van der Waals surface area contributed by atoms with Crippen molar-refractivity contribution in [2.24, 2.45) is 0 Å². The molecule has 4 aromatic carbocycles. The Bertz CT molecular complexity index is 1750. The summed E-state index contributed by atoms with van der Waals surface area (Å²) in [6.45, 7) is 4.30. The van der Waals surface area contributed by atoms with E-state index in [1.165, 1.54) is 31.7 Å². The Morgan fingerprint density at radius 3 is 1.43 bits per heavy atom. The van der Waals surface area contributed by atoms with Crippen molar-refractivity contribution in [1.29, 1.82) is 0 Å². The number of para-hydroxylation sites is 2. The zero-order valence-electron chi connectivity index (χ0n) is 30.7. The van der Waals surface area contributed by atoms with Crippen LogP contribution in [0.4, 0.5) is 0 Å². The standard InChI is InChI=1S/2C20H26O5S.Ca/c2*1-2-3-4-5-6-10-13-17-18(21)14-15-19(26(22,23)24)20(17)25-16-11-8-7-9-12-16;/h2*7-9,11-12,14-15,21H,2-6,10,13H2,1H3,(H,22,23,24);/q;;+2/p-2. The number of aromatic hydroxyl groups is 1. The van der Waals surface area contributed by atoms with Gasteiger partial charge in [-0.25, -0.2) is 8.42 Å². The number of unbranched alkanes of at least 4 members (excludes halogenated alkanes) is 10. The molecule has 53 heavy (non-hydrogen) atoms. The van der Waals surface area contributed by atoms with E-state index in [2.05, 4.69) is 13.8 Å². The number of hydrogen-bond acceptors (Lipinski definition) is 9. The Kier molecular flexibility index (Phi) is 20.8. The molecule has 0 atom stereocenters. The summed E-state index contributed by atoms with van der Waals surface area (Å²) in [7, 11) is -9.22. The van der Waals surface area contributed by atoms with Crippen molar-refractivity contribution in [3.63, 3.8) is 0 Å². The van der Waals surface area contributed by atoms with Crippen LogP contribution < -0.4 is 14.6 Å². The van der Waals surface area contributed by atoms with Crippen molar-refractivity contribution in [1.82, 2.24) is 0 Å². The third-order valence-corrected chi connectivity index (χ3v) is 10.2. The Labute approximate surface area is 345 Å². The number of benzene rings is 4. The van der Waals surface area contributed by atoms with Gasteiger partial charge in [0.05, 0.1) is 4.90 Å². The van der Waals surface area contributed by atoms with E-state index in [1.807, 2.05) is 6.07 Å².